The van der Waals surface area contributed by atoms with Gasteiger partial charge in [-0.2, -0.15) is 0 Å². The smallest absolute Gasteiger partial charge is 0.408 e. The maximum atomic E-state index is 11.9. The Morgan fingerprint density at radius 1 is 1.23 bits per heavy atom. The molecule has 0 aliphatic heterocycles. The molecule has 0 fully saturated rings. The molecule has 22 heavy (non-hydrogen) atoms. The van der Waals surface area contributed by atoms with E-state index >= 15 is 0 Å². The van der Waals surface area contributed by atoms with E-state index in [1.54, 1.807) is 20.8 Å². The predicted molar refractivity (Wildman–Crippen MR) is 80.1 cm³/mol. The molecule has 1 aromatic rings. The van der Waals surface area contributed by atoms with Crippen molar-refractivity contribution in [2.75, 3.05) is 0 Å². The van der Waals surface area contributed by atoms with Gasteiger partial charge in [0.15, 0.2) is 0 Å². The predicted octanol–water partition coefficient (Wildman–Crippen LogP) is 2.21. The molecule has 0 saturated carbocycles. The third-order valence-electron chi connectivity index (χ3n) is 2.53. The van der Waals surface area contributed by atoms with Gasteiger partial charge < -0.3 is 19.6 Å². The fourth-order valence-corrected chi connectivity index (χ4v) is 1.59. The maximum Gasteiger partial charge on any atom is 0.408 e. The Kier molecular flexibility index (Phi) is 6.56. The summed E-state index contributed by atoms with van der Waals surface area (Å²) in [4.78, 5) is 34.3. The van der Waals surface area contributed by atoms with E-state index in [0.717, 1.165) is 5.56 Å². The van der Waals surface area contributed by atoms with E-state index in [-0.39, 0.29) is 13.0 Å². The number of benzene rings is 1. The minimum atomic E-state index is -1.06. The van der Waals surface area contributed by atoms with Crippen molar-refractivity contribution in [3.8, 4) is 0 Å². The number of hydrogen-bond donors (Lipinski definition) is 1. The second-order valence-corrected chi connectivity index (χ2v) is 5.69. The van der Waals surface area contributed by atoms with Crippen molar-refractivity contribution in [1.29, 1.82) is 0 Å². The molecule has 0 spiro atoms. The van der Waals surface area contributed by atoms with Crippen molar-refractivity contribution in [2.24, 2.45) is 0 Å². The SMILES string of the molecule is CC(C)(C)OC(=O)[C@@H](CC=O)NC(=O)OCc1ccccc1. The number of alkyl carbamates (subject to hydrolysis) is 1. The molecule has 0 unspecified atom stereocenters. The maximum absolute atomic E-state index is 11.9. The Hall–Kier alpha value is -2.37. The fourth-order valence-electron chi connectivity index (χ4n) is 1.59. The van der Waals surface area contributed by atoms with Crippen molar-refractivity contribution in [2.45, 2.75) is 45.4 Å². The van der Waals surface area contributed by atoms with Crippen LogP contribution in [0.4, 0.5) is 4.79 Å². The van der Waals surface area contributed by atoms with Crippen LogP contribution in [0.2, 0.25) is 0 Å². The third kappa shape index (κ3) is 6.88. The molecule has 1 amide bonds. The molecule has 1 N–H and O–H groups in total. The van der Waals surface area contributed by atoms with E-state index in [0.29, 0.717) is 6.29 Å². The van der Waals surface area contributed by atoms with Gasteiger partial charge in [-0.1, -0.05) is 30.3 Å². The van der Waals surface area contributed by atoms with Gasteiger partial charge in [0.05, 0.1) is 0 Å². The molecular formula is C16H21NO5. The van der Waals surface area contributed by atoms with Crippen LogP contribution in [0, 0.1) is 0 Å². The van der Waals surface area contributed by atoms with Crippen LogP contribution in [0.5, 0.6) is 0 Å². The lowest BCUT2D eigenvalue weighted by molar-refractivity contribution is -0.157. The zero-order valence-corrected chi connectivity index (χ0v) is 13.0. The number of amides is 1. The number of hydrogen-bond acceptors (Lipinski definition) is 5. The normalized spacial score (nSPS) is 12.1. The Morgan fingerprint density at radius 3 is 2.41 bits per heavy atom. The largest absolute Gasteiger partial charge is 0.458 e. The summed E-state index contributed by atoms with van der Waals surface area (Å²) < 4.78 is 10.2. The van der Waals surface area contributed by atoms with Crippen LogP contribution in [-0.2, 0) is 25.7 Å². The quantitative estimate of drug-likeness (QED) is 0.643. The Labute approximate surface area is 129 Å². The van der Waals surface area contributed by atoms with Crippen LogP contribution in [0.3, 0.4) is 0 Å². The molecule has 0 bridgehead atoms. The number of esters is 1. The highest BCUT2D eigenvalue weighted by Gasteiger charge is 2.26. The van der Waals surface area contributed by atoms with Crippen molar-refractivity contribution in [3.05, 3.63) is 35.9 Å². The van der Waals surface area contributed by atoms with Gasteiger partial charge in [-0.05, 0) is 26.3 Å². The molecule has 0 aliphatic rings. The van der Waals surface area contributed by atoms with Gasteiger partial charge in [0.25, 0.3) is 0 Å². The van der Waals surface area contributed by atoms with Crippen molar-refractivity contribution >= 4 is 18.3 Å². The van der Waals surface area contributed by atoms with Crippen molar-refractivity contribution in [3.63, 3.8) is 0 Å². The summed E-state index contributed by atoms with van der Waals surface area (Å²) in [5, 5.41) is 2.34. The van der Waals surface area contributed by atoms with Crippen molar-refractivity contribution < 1.29 is 23.9 Å². The van der Waals surface area contributed by atoms with Gasteiger partial charge in [-0.25, -0.2) is 9.59 Å². The Morgan fingerprint density at radius 2 is 1.86 bits per heavy atom. The number of nitrogens with one attached hydrogen (secondary N) is 1. The Bertz CT molecular complexity index is 507. The molecule has 6 nitrogen and oxygen atoms in total. The number of carbonyl (C=O) groups excluding carboxylic acids is 3. The first-order valence-electron chi connectivity index (χ1n) is 6.95. The number of ether oxygens (including phenoxy) is 2. The molecule has 0 aromatic heterocycles. The van der Waals surface area contributed by atoms with Crippen LogP contribution in [0.15, 0.2) is 30.3 Å². The zero-order chi connectivity index (χ0) is 16.6. The second kappa shape index (κ2) is 8.17. The standard InChI is InChI=1S/C16H21NO5/c1-16(2,3)22-14(19)13(9-10-18)17-15(20)21-11-12-7-5-4-6-8-12/h4-8,10,13H,9,11H2,1-3H3,(H,17,20)/t13-/m1/s1. The summed E-state index contributed by atoms with van der Waals surface area (Å²) in [6.07, 6.45) is -0.400. The minimum absolute atomic E-state index is 0.0782. The third-order valence-corrected chi connectivity index (χ3v) is 2.53. The molecule has 0 heterocycles. The molecule has 0 saturated heterocycles. The van der Waals surface area contributed by atoms with Gasteiger partial charge in [0, 0.05) is 6.42 Å². The van der Waals surface area contributed by atoms with Crippen LogP contribution < -0.4 is 5.32 Å². The van der Waals surface area contributed by atoms with E-state index in [1.807, 2.05) is 30.3 Å². The van der Waals surface area contributed by atoms with Crippen LogP contribution in [0.25, 0.3) is 0 Å². The highest BCUT2D eigenvalue weighted by molar-refractivity contribution is 5.83. The van der Waals surface area contributed by atoms with Gasteiger partial charge in [0.2, 0.25) is 0 Å². The lowest BCUT2D eigenvalue weighted by atomic mass is 10.1. The van der Waals surface area contributed by atoms with E-state index < -0.39 is 23.7 Å². The molecule has 6 heteroatoms. The lowest BCUT2D eigenvalue weighted by Crippen LogP contribution is -2.44. The van der Waals surface area contributed by atoms with Crippen LogP contribution in [-0.4, -0.2) is 30.0 Å². The second-order valence-electron chi connectivity index (χ2n) is 5.69. The van der Waals surface area contributed by atoms with Crippen LogP contribution >= 0.6 is 0 Å². The summed E-state index contributed by atoms with van der Waals surface area (Å²) in [6, 6.07) is 8.07. The fraction of sp³-hybridized carbons (Fsp3) is 0.438. The summed E-state index contributed by atoms with van der Waals surface area (Å²) in [6.45, 7) is 5.19. The summed E-state index contributed by atoms with van der Waals surface area (Å²) in [5.41, 5.74) is 0.121. The minimum Gasteiger partial charge on any atom is -0.458 e. The van der Waals surface area contributed by atoms with E-state index in [1.165, 1.54) is 0 Å². The van der Waals surface area contributed by atoms with Crippen LogP contribution in [0.1, 0.15) is 32.8 Å². The highest BCUT2D eigenvalue weighted by Crippen LogP contribution is 2.09. The summed E-state index contributed by atoms with van der Waals surface area (Å²) in [5.74, 6) is -0.670. The highest BCUT2D eigenvalue weighted by atomic mass is 16.6. The van der Waals surface area contributed by atoms with Gasteiger partial charge in [0.1, 0.15) is 24.5 Å². The number of rotatable bonds is 6. The molecular weight excluding hydrogens is 286 g/mol. The zero-order valence-electron chi connectivity index (χ0n) is 13.0. The van der Waals surface area contributed by atoms with Gasteiger partial charge >= 0.3 is 12.1 Å². The molecule has 1 rings (SSSR count). The van der Waals surface area contributed by atoms with E-state index in [2.05, 4.69) is 5.32 Å². The first-order valence-corrected chi connectivity index (χ1v) is 6.95. The molecule has 0 radical (unpaired) electrons. The summed E-state index contributed by atoms with van der Waals surface area (Å²) in [7, 11) is 0. The first kappa shape index (κ1) is 17.7. The Balaban J connectivity index is 2.53. The first-order chi connectivity index (χ1) is 10.3. The number of carbonyl (C=O) groups is 3. The molecule has 1 aromatic carbocycles. The van der Waals surface area contributed by atoms with E-state index in [9.17, 15) is 14.4 Å². The van der Waals surface area contributed by atoms with Crippen molar-refractivity contribution in [1.82, 2.24) is 5.32 Å². The van der Waals surface area contributed by atoms with E-state index in [4.69, 9.17) is 9.47 Å². The average Bonchev–Trinajstić information content (AvgIpc) is 2.44. The average molecular weight is 307 g/mol. The monoisotopic (exact) mass is 307 g/mol. The number of aldehydes is 1. The molecule has 1 atom stereocenters. The molecule has 120 valence electrons. The lowest BCUT2D eigenvalue weighted by Gasteiger charge is -2.23. The summed E-state index contributed by atoms with van der Waals surface area (Å²) >= 11 is 0. The topological polar surface area (TPSA) is 81.7 Å². The molecule has 0 aliphatic carbocycles. The van der Waals surface area contributed by atoms with Gasteiger partial charge in [-0.15, -0.1) is 0 Å². The van der Waals surface area contributed by atoms with Gasteiger partial charge in [-0.3, -0.25) is 0 Å².